The molecule has 4 heteroatoms. The van der Waals surface area contributed by atoms with E-state index in [2.05, 4.69) is 285 Å². The fraction of sp³-hybridized carbons (Fsp3) is 0.364. The number of rotatable bonds is 5. The van der Waals surface area contributed by atoms with Crippen molar-refractivity contribution in [2.24, 2.45) is 0 Å². The van der Waals surface area contributed by atoms with Gasteiger partial charge in [-0.15, -0.1) is 0 Å². The molecule has 0 atom stereocenters. The van der Waals surface area contributed by atoms with Crippen molar-refractivity contribution < 1.29 is 0 Å². The quantitative estimate of drug-likeness (QED) is 0.159. The van der Waals surface area contributed by atoms with Gasteiger partial charge in [0.15, 0.2) is 0 Å². The van der Waals surface area contributed by atoms with E-state index in [1.165, 1.54) is 95.3 Å². The summed E-state index contributed by atoms with van der Waals surface area (Å²) in [7, 11) is 0. The molecule has 0 saturated carbocycles. The van der Waals surface area contributed by atoms with Crippen LogP contribution in [-0.2, 0) is 32.5 Å². The summed E-state index contributed by atoms with van der Waals surface area (Å²) >= 11 is 0. The average molecular weight is 924 g/mol. The minimum absolute atomic E-state index is 0.0399. The van der Waals surface area contributed by atoms with E-state index >= 15 is 0 Å². The van der Waals surface area contributed by atoms with E-state index in [1.54, 1.807) is 0 Å². The zero-order chi connectivity index (χ0) is 50.7. The molecule has 9 rings (SSSR count). The van der Waals surface area contributed by atoms with Crippen molar-refractivity contribution in [3.05, 3.63) is 179 Å². The minimum Gasteiger partial charge on any atom is -0.311 e. The Labute approximate surface area is 423 Å². The molecule has 0 aromatic heterocycles. The smallest absolute Gasteiger partial charge is 0.252 e. The Kier molecular flexibility index (Phi) is 11.8. The van der Waals surface area contributed by atoms with Gasteiger partial charge in [0, 0.05) is 45.5 Å². The van der Waals surface area contributed by atoms with Crippen LogP contribution < -0.4 is 31.1 Å². The zero-order valence-corrected chi connectivity index (χ0v) is 45.8. The number of nitrogens with zero attached hydrogens (tertiary/aromatic N) is 3. The third kappa shape index (κ3) is 8.37. The van der Waals surface area contributed by atoms with E-state index in [0.29, 0.717) is 0 Å². The van der Waals surface area contributed by atoms with Crippen LogP contribution in [0.25, 0.3) is 0 Å². The molecule has 0 fully saturated rings. The lowest BCUT2D eigenvalue weighted by atomic mass is 9.33. The number of para-hydroxylation sites is 6. The van der Waals surface area contributed by atoms with Crippen LogP contribution in [0.3, 0.4) is 0 Å². The molecule has 0 radical (unpaired) electrons. The molecule has 0 amide bonds. The summed E-state index contributed by atoms with van der Waals surface area (Å²) in [4.78, 5) is 8.02. The van der Waals surface area contributed by atoms with Gasteiger partial charge in [-0.05, 0) is 119 Å². The minimum atomic E-state index is -0.163. The first-order chi connectivity index (χ1) is 32.6. The lowest BCUT2D eigenvalue weighted by molar-refractivity contribution is 0.586. The monoisotopic (exact) mass is 924 g/mol. The van der Waals surface area contributed by atoms with Gasteiger partial charge in [0.1, 0.15) is 0 Å². The summed E-state index contributed by atoms with van der Waals surface area (Å²) < 4.78 is 0. The number of anilines is 9. The molecule has 0 saturated heterocycles. The Morgan fingerprint density at radius 1 is 0.314 bits per heavy atom. The van der Waals surface area contributed by atoms with Crippen molar-refractivity contribution in [1.29, 1.82) is 0 Å². The molecule has 7 aromatic rings. The van der Waals surface area contributed by atoms with Crippen molar-refractivity contribution in [1.82, 2.24) is 0 Å². The van der Waals surface area contributed by atoms with Gasteiger partial charge in [0.25, 0.3) is 6.71 Å². The van der Waals surface area contributed by atoms with Crippen LogP contribution in [0.1, 0.15) is 158 Å². The Balaban J connectivity index is 1.57. The molecule has 0 unspecified atom stereocenters. The molecule has 0 bridgehead atoms. The maximum absolute atomic E-state index is 2.70. The van der Waals surface area contributed by atoms with Gasteiger partial charge in [-0.3, -0.25) is 0 Å². The highest BCUT2D eigenvalue weighted by Gasteiger charge is 2.48. The van der Waals surface area contributed by atoms with Gasteiger partial charge in [-0.25, -0.2) is 0 Å². The molecule has 70 heavy (non-hydrogen) atoms. The molecule has 360 valence electrons. The van der Waals surface area contributed by atoms with E-state index in [4.69, 9.17) is 0 Å². The maximum atomic E-state index is 2.70. The largest absolute Gasteiger partial charge is 0.311 e. The van der Waals surface area contributed by atoms with Gasteiger partial charge in [-0.1, -0.05) is 234 Å². The molecule has 2 heterocycles. The average Bonchev–Trinajstić information content (AvgIpc) is 3.27. The predicted octanol–water partition coefficient (Wildman–Crippen LogP) is 17.0. The highest BCUT2D eigenvalue weighted by molar-refractivity contribution is 7.00. The molecule has 0 spiro atoms. The summed E-state index contributed by atoms with van der Waals surface area (Å²) in [6.07, 6.45) is 0. The van der Waals surface area contributed by atoms with E-state index in [-0.39, 0.29) is 39.2 Å². The van der Waals surface area contributed by atoms with Gasteiger partial charge >= 0.3 is 0 Å². The summed E-state index contributed by atoms with van der Waals surface area (Å²) in [5.41, 5.74) is 22.0. The van der Waals surface area contributed by atoms with Gasteiger partial charge < -0.3 is 14.7 Å². The van der Waals surface area contributed by atoms with Crippen LogP contribution in [0, 0.1) is 0 Å². The van der Waals surface area contributed by atoms with Crippen LogP contribution in [0.15, 0.2) is 146 Å². The number of benzene rings is 7. The van der Waals surface area contributed by atoms with Crippen LogP contribution >= 0.6 is 0 Å². The van der Waals surface area contributed by atoms with E-state index in [1.807, 2.05) is 0 Å². The standard InChI is InChI=1S/C66H78BN3/c1-61(2,3)44-29-19-23-37-52(44)68(53-38-24-20-30-45(53)62(4,5)6)43-41-56-58-57(42-43)70(55-40-26-22-32-47(55)64(10,11)12)60-49(66(16,17)18)34-28-36-51(60)67(58)50-35-27-33-48(65(13,14)15)59(50)69(56)54-39-25-21-31-46(54)63(7,8)9/h19-42H,1-18H3. The van der Waals surface area contributed by atoms with Gasteiger partial charge in [0.05, 0.1) is 5.69 Å². The second kappa shape index (κ2) is 16.8. The van der Waals surface area contributed by atoms with Gasteiger partial charge in [0.2, 0.25) is 0 Å². The molecular formula is C66H78BN3. The Bertz CT molecular complexity index is 2920. The lowest BCUT2D eigenvalue weighted by Gasteiger charge is -2.48. The molecule has 7 aromatic carbocycles. The molecule has 2 aliphatic rings. The summed E-state index contributed by atoms with van der Waals surface area (Å²) in [5, 5.41) is 0. The van der Waals surface area contributed by atoms with Crippen molar-refractivity contribution >= 4 is 74.3 Å². The molecule has 2 aliphatic heterocycles. The third-order valence-corrected chi connectivity index (χ3v) is 14.8. The third-order valence-electron chi connectivity index (χ3n) is 14.8. The fourth-order valence-corrected chi connectivity index (χ4v) is 11.5. The first-order valence-electron chi connectivity index (χ1n) is 25.8. The van der Waals surface area contributed by atoms with Crippen molar-refractivity contribution in [3.8, 4) is 0 Å². The SMILES string of the molecule is CC(C)(C)c1ccccc1N(c1cc2c3c(c1)N(c1ccccc1C(C)(C)C)c1c(cccc1C(C)(C)C)B3c1cccc(C(C)(C)C)c1N2c1ccccc1C(C)(C)C)c1ccccc1C(C)(C)C. The summed E-state index contributed by atoms with van der Waals surface area (Å²) in [6, 6.07) is 56.2. The summed E-state index contributed by atoms with van der Waals surface area (Å²) in [5.74, 6) is 0. The lowest BCUT2D eigenvalue weighted by Crippen LogP contribution is -2.62. The Morgan fingerprint density at radius 3 is 0.957 bits per heavy atom. The number of fused-ring (bicyclic) bond motifs is 4. The molecule has 3 nitrogen and oxygen atoms in total. The van der Waals surface area contributed by atoms with Crippen LogP contribution in [-0.4, -0.2) is 6.71 Å². The topological polar surface area (TPSA) is 9.72 Å². The second-order valence-corrected chi connectivity index (χ2v) is 26.4. The zero-order valence-electron chi connectivity index (χ0n) is 45.8. The first-order valence-corrected chi connectivity index (χ1v) is 25.8. The van der Waals surface area contributed by atoms with E-state index < -0.39 is 0 Å². The first kappa shape index (κ1) is 49.0. The molecule has 0 aliphatic carbocycles. The van der Waals surface area contributed by atoms with Crippen molar-refractivity contribution in [2.75, 3.05) is 14.7 Å². The predicted molar refractivity (Wildman–Crippen MR) is 307 cm³/mol. The van der Waals surface area contributed by atoms with Crippen LogP contribution in [0.5, 0.6) is 0 Å². The van der Waals surface area contributed by atoms with E-state index in [9.17, 15) is 0 Å². The Hall–Kier alpha value is -6.00. The summed E-state index contributed by atoms with van der Waals surface area (Å²) in [6.45, 7) is 42.6. The van der Waals surface area contributed by atoms with Crippen molar-refractivity contribution in [2.45, 2.75) is 157 Å². The molecule has 0 N–H and O–H groups in total. The normalized spacial score (nSPS) is 14.1. The number of hydrogen-bond donors (Lipinski definition) is 0. The van der Waals surface area contributed by atoms with Crippen molar-refractivity contribution in [3.63, 3.8) is 0 Å². The highest BCUT2D eigenvalue weighted by Crippen LogP contribution is 2.54. The van der Waals surface area contributed by atoms with Gasteiger partial charge in [-0.2, -0.15) is 0 Å². The maximum Gasteiger partial charge on any atom is 0.252 e. The number of hydrogen-bond acceptors (Lipinski definition) is 3. The highest BCUT2D eigenvalue weighted by atomic mass is 15.2. The van der Waals surface area contributed by atoms with E-state index in [0.717, 1.165) is 5.69 Å². The molecular weight excluding hydrogens is 846 g/mol. The van der Waals surface area contributed by atoms with Crippen LogP contribution in [0.2, 0.25) is 0 Å². The van der Waals surface area contributed by atoms with Crippen LogP contribution in [0.4, 0.5) is 51.2 Å². The second-order valence-electron chi connectivity index (χ2n) is 26.4. The fourth-order valence-electron chi connectivity index (χ4n) is 11.5. The Morgan fingerprint density at radius 2 is 0.614 bits per heavy atom.